The summed E-state index contributed by atoms with van der Waals surface area (Å²) in [5, 5.41) is 10.3. The molecule has 0 saturated heterocycles. The van der Waals surface area contributed by atoms with Gasteiger partial charge in [-0.15, -0.1) is 0 Å². The highest BCUT2D eigenvalue weighted by Gasteiger charge is 2.22. The average molecular weight is 417 g/mol. The van der Waals surface area contributed by atoms with Gasteiger partial charge in [0.1, 0.15) is 29.1 Å². The molecule has 2 aromatic carbocycles. The third-order valence-corrected chi connectivity index (χ3v) is 4.77. The van der Waals surface area contributed by atoms with Crippen LogP contribution in [0.4, 0.5) is 32.1 Å². The van der Waals surface area contributed by atoms with Crippen LogP contribution in [-0.2, 0) is 0 Å². The minimum Gasteiger partial charge on any atom is -0.382 e. The lowest BCUT2D eigenvalue weighted by Crippen LogP contribution is -2.22. The molecular weight excluding hydrogens is 400 g/mol. The van der Waals surface area contributed by atoms with Gasteiger partial charge < -0.3 is 16.4 Å². The lowest BCUT2D eigenvalue weighted by atomic mass is 10.1. The number of fused-ring (bicyclic) bond motifs is 1. The van der Waals surface area contributed by atoms with Gasteiger partial charge in [-0.05, 0) is 37.3 Å². The summed E-state index contributed by atoms with van der Waals surface area (Å²) in [5.74, 6) is -0.815. The molecular formula is C22H17F2N7. The summed E-state index contributed by atoms with van der Waals surface area (Å²) in [6, 6.07) is 13.9. The molecule has 2 aromatic heterocycles. The molecule has 0 bridgehead atoms. The van der Waals surface area contributed by atoms with E-state index < -0.39 is 11.6 Å². The summed E-state index contributed by atoms with van der Waals surface area (Å²) >= 11 is 0. The largest absolute Gasteiger partial charge is 0.382 e. The number of benzene rings is 2. The number of pyridine rings is 1. The lowest BCUT2D eigenvalue weighted by molar-refractivity contribution is 0.628. The Balaban J connectivity index is 2.05. The van der Waals surface area contributed by atoms with Crippen LogP contribution in [0.1, 0.15) is 12.5 Å². The van der Waals surface area contributed by atoms with Gasteiger partial charge in [0.05, 0.1) is 16.9 Å². The Morgan fingerprint density at radius 3 is 2.48 bits per heavy atom. The monoisotopic (exact) mass is 417 g/mol. The van der Waals surface area contributed by atoms with Gasteiger partial charge in [0.15, 0.2) is 5.82 Å². The second-order valence-corrected chi connectivity index (χ2v) is 6.73. The number of aromatic nitrogens is 3. The van der Waals surface area contributed by atoms with Crippen LogP contribution in [0.15, 0.2) is 48.5 Å². The second kappa shape index (κ2) is 7.84. The molecule has 0 spiro atoms. The highest BCUT2D eigenvalue weighted by molar-refractivity contribution is 5.91. The summed E-state index contributed by atoms with van der Waals surface area (Å²) < 4.78 is 27.8. The van der Waals surface area contributed by atoms with Crippen molar-refractivity contribution in [2.75, 3.05) is 22.9 Å². The van der Waals surface area contributed by atoms with Crippen LogP contribution in [0.5, 0.6) is 0 Å². The SMILES string of the molecule is CCN(c1cc2ccc(F)cc2nc1-c1cccc(F)c1)c1nc(N)nc(N)c1C#N. The molecule has 0 atom stereocenters. The standard InChI is InChI=1S/C22H17F2N7/c1-2-31(21-16(11-25)20(26)29-22(27)30-21)18-9-12-6-7-15(24)10-17(12)28-19(18)13-4-3-5-14(23)8-13/h3-10H,2H2,1H3,(H4,26,27,29,30). The number of hydrogen-bond donors (Lipinski definition) is 2. The van der Waals surface area contributed by atoms with Crippen LogP contribution in [0.3, 0.4) is 0 Å². The molecule has 0 fully saturated rings. The minimum atomic E-state index is -0.444. The van der Waals surface area contributed by atoms with Crippen molar-refractivity contribution in [2.45, 2.75) is 6.92 Å². The Hall–Kier alpha value is -4.32. The van der Waals surface area contributed by atoms with E-state index in [4.69, 9.17) is 11.5 Å². The van der Waals surface area contributed by atoms with E-state index in [2.05, 4.69) is 15.0 Å². The van der Waals surface area contributed by atoms with Crippen molar-refractivity contribution in [3.8, 4) is 17.3 Å². The maximum atomic E-state index is 14.0. The van der Waals surface area contributed by atoms with Gasteiger partial charge in [-0.1, -0.05) is 12.1 Å². The Labute approximate surface area is 176 Å². The molecule has 4 aromatic rings. The van der Waals surface area contributed by atoms with Crippen LogP contribution in [0.2, 0.25) is 0 Å². The maximum absolute atomic E-state index is 14.0. The van der Waals surface area contributed by atoms with E-state index in [1.54, 1.807) is 29.2 Å². The van der Waals surface area contributed by atoms with Gasteiger partial charge in [0, 0.05) is 23.6 Å². The first-order valence-corrected chi connectivity index (χ1v) is 9.38. The molecule has 0 aliphatic carbocycles. The van der Waals surface area contributed by atoms with Crippen molar-refractivity contribution in [2.24, 2.45) is 0 Å². The molecule has 0 radical (unpaired) electrons. The quantitative estimate of drug-likeness (QED) is 0.512. The van der Waals surface area contributed by atoms with Gasteiger partial charge in [-0.3, -0.25) is 0 Å². The predicted molar refractivity (Wildman–Crippen MR) is 115 cm³/mol. The summed E-state index contributed by atoms with van der Waals surface area (Å²) in [7, 11) is 0. The number of nitrogens with two attached hydrogens (primary N) is 2. The topological polar surface area (TPSA) is 118 Å². The van der Waals surface area contributed by atoms with Crippen molar-refractivity contribution in [3.63, 3.8) is 0 Å². The zero-order valence-electron chi connectivity index (χ0n) is 16.5. The fourth-order valence-corrected chi connectivity index (χ4v) is 3.40. The number of hydrogen-bond acceptors (Lipinski definition) is 7. The minimum absolute atomic E-state index is 0.0495. The van der Waals surface area contributed by atoms with Gasteiger partial charge in [0.2, 0.25) is 5.95 Å². The summed E-state index contributed by atoms with van der Waals surface area (Å²) in [6.45, 7) is 2.21. The van der Waals surface area contributed by atoms with Crippen LogP contribution < -0.4 is 16.4 Å². The van der Waals surface area contributed by atoms with E-state index in [0.717, 1.165) is 0 Å². The molecule has 0 amide bonds. The molecule has 31 heavy (non-hydrogen) atoms. The molecule has 2 heterocycles. The predicted octanol–water partition coefficient (Wildman–Crippen LogP) is 4.16. The molecule has 4 N–H and O–H groups in total. The Morgan fingerprint density at radius 2 is 1.77 bits per heavy atom. The van der Waals surface area contributed by atoms with Gasteiger partial charge in [0.25, 0.3) is 0 Å². The normalized spacial score (nSPS) is 10.8. The Bertz CT molecular complexity index is 1350. The van der Waals surface area contributed by atoms with Gasteiger partial charge in [-0.2, -0.15) is 15.2 Å². The van der Waals surface area contributed by atoms with Crippen molar-refractivity contribution >= 4 is 34.2 Å². The molecule has 7 nitrogen and oxygen atoms in total. The highest BCUT2D eigenvalue weighted by atomic mass is 19.1. The Morgan fingerprint density at radius 1 is 1.00 bits per heavy atom. The summed E-state index contributed by atoms with van der Waals surface area (Å²) in [6.07, 6.45) is 0. The van der Waals surface area contributed by atoms with Gasteiger partial charge in [-0.25, -0.2) is 13.8 Å². The zero-order chi connectivity index (χ0) is 22.1. The number of halogens is 2. The van der Waals surface area contributed by atoms with E-state index in [1.165, 1.54) is 24.3 Å². The van der Waals surface area contributed by atoms with Crippen LogP contribution in [0, 0.1) is 23.0 Å². The number of nitrogens with zero attached hydrogens (tertiary/aromatic N) is 5. The third-order valence-electron chi connectivity index (χ3n) is 4.77. The first-order chi connectivity index (χ1) is 14.9. The van der Waals surface area contributed by atoms with Crippen molar-refractivity contribution < 1.29 is 8.78 Å². The fraction of sp³-hybridized carbons (Fsp3) is 0.0909. The lowest BCUT2D eigenvalue weighted by Gasteiger charge is -2.26. The molecule has 4 rings (SSSR count). The van der Waals surface area contributed by atoms with E-state index in [0.29, 0.717) is 34.4 Å². The molecule has 0 saturated carbocycles. The van der Waals surface area contributed by atoms with E-state index in [9.17, 15) is 14.0 Å². The molecule has 154 valence electrons. The van der Waals surface area contributed by atoms with E-state index in [-0.39, 0.29) is 23.1 Å². The van der Waals surface area contributed by atoms with Crippen LogP contribution in [0.25, 0.3) is 22.2 Å². The second-order valence-electron chi connectivity index (χ2n) is 6.73. The number of nitriles is 1. The summed E-state index contributed by atoms with van der Waals surface area (Å²) in [5.41, 5.74) is 13.5. The fourth-order valence-electron chi connectivity index (χ4n) is 3.40. The number of nitrogen functional groups attached to an aromatic ring is 2. The van der Waals surface area contributed by atoms with Crippen molar-refractivity contribution in [3.05, 3.63) is 65.7 Å². The van der Waals surface area contributed by atoms with Crippen molar-refractivity contribution in [1.29, 1.82) is 5.26 Å². The molecule has 0 unspecified atom stereocenters. The van der Waals surface area contributed by atoms with Crippen LogP contribution in [-0.4, -0.2) is 21.5 Å². The van der Waals surface area contributed by atoms with Gasteiger partial charge >= 0.3 is 0 Å². The number of rotatable bonds is 4. The average Bonchev–Trinajstić information content (AvgIpc) is 2.73. The third kappa shape index (κ3) is 3.67. The highest BCUT2D eigenvalue weighted by Crippen LogP contribution is 2.38. The Kier molecular flexibility index (Phi) is 5.05. The molecule has 9 heteroatoms. The molecule has 0 aliphatic rings. The van der Waals surface area contributed by atoms with Crippen molar-refractivity contribution in [1.82, 2.24) is 15.0 Å². The summed E-state index contributed by atoms with van der Waals surface area (Å²) in [4.78, 5) is 14.4. The zero-order valence-corrected chi connectivity index (χ0v) is 16.5. The van der Waals surface area contributed by atoms with E-state index in [1.807, 2.05) is 13.0 Å². The first-order valence-electron chi connectivity index (χ1n) is 9.38. The molecule has 0 aliphatic heterocycles. The smallest absolute Gasteiger partial charge is 0.224 e. The van der Waals surface area contributed by atoms with Crippen LogP contribution >= 0.6 is 0 Å². The first kappa shape index (κ1) is 20.0. The maximum Gasteiger partial charge on any atom is 0.224 e. The number of anilines is 4. The van der Waals surface area contributed by atoms with E-state index >= 15 is 0 Å².